The highest BCUT2D eigenvalue weighted by atomic mass is 16.5. The number of unbranched alkanes of at least 4 members (excludes halogenated alkanes) is 1. The molecule has 3 rings (SSSR count). The van der Waals surface area contributed by atoms with E-state index in [2.05, 4.69) is 6.92 Å². The van der Waals surface area contributed by atoms with Gasteiger partial charge in [-0.3, -0.25) is 4.79 Å². The Labute approximate surface area is 183 Å². The number of aryl methyl sites for hydroxylation is 1. The van der Waals surface area contributed by atoms with Gasteiger partial charge in [0.15, 0.2) is 5.75 Å². The van der Waals surface area contributed by atoms with Gasteiger partial charge in [0.05, 0.1) is 12.1 Å². The first kappa shape index (κ1) is 22.5. The van der Waals surface area contributed by atoms with E-state index in [9.17, 15) is 4.79 Å². The van der Waals surface area contributed by atoms with Gasteiger partial charge in [0.25, 0.3) is 5.56 Å². The smallest absolute Gasteiger partial charge is 0.297 e. The molecule has 0 amide bonds. The second-order valence-corrected chi connectivity index (χ2v) is 7.77. The SMILES string of the molecule is CCCCOc1ccc2c(OCc3ccccc3)c(OCC=C(C)C)c(=O)n(C)c2c1. The standard InChI is InChI=1S/C26H31NO4/c1-5-6-15-29-21-12-13-22-23(17-21)27(4)26(28)25(30-16-14-19(2)3)24(22)31-18-20-10-8-7-9-11-20/h7-14,17H,5-6,15-16,18H2,1-4H3. The summed E-state index contributed by atoms with van der Waals surface area (Å²) in [7, 11) is 1.75. The quantitative estimate of drug-likeness (QED) is 0.314. The van der Waals surface area contributed by atoms with Crippen molar-refractivity contribution < 1.29 is 14.2 Å². The third-order valence-electron chi connectivity index (χ3n) is 4.99. The summed E-state index contributed by atoms with van der Waals surface area (Å²) in [6.45, 7) is 7.42. The maximum Gasteiger partial charge on any atom is 0.297 e. The van der Waals surface area contributed by atoms with Crippen LogP contribution in [0.15, 0.2) is 65.0 Å². The Morgan fingerprint density at radius 2 is 1.77 bits per heavy atom. The number of nitrogens with zero attached hydrogens (tertiary/aromatic N) is 1. The fraction of sp³-hybridized carbons (Fsp3) is 0.346. The Morgan fingerprint density at radius 3 is 2.48 bits per heavy atom. The molecule has 31 heavy (non-hydrogen) atoms. The first-order valence-corrected chi connectivity index (χ1v) is 10.7. The number of allylic oxidation sites excluding steroid dienone is 1. The number of hydrogen-bond donors (Lipinski definition) is 0. The Morgan fingerprint density at radius 1 is 1.00 bits per heavy atom. The largest absolute Gasteiger partial charge is 0.494 e. The van der Waals surface area contributed by atoms with E-state index in [-0.39, 0.29) is 11.3 Å². The molecule has 0 saturated heterocycles. The fourth-order valence-corrected chi connectivity index (χ4v) is 3.18. The minimum atomic E-state index is -0.233. The van der Waals surface area contributed by atoms with Gasteiger partial charge < -0.3 is 18.8 Å². The molecule has 0 aliphatic rings. The molecule has 1 heterocycles. The van der Waals surface area contributed by atoms with Crippen LogP contribution in [0, 0.1) is 0 Å². The number of benzene rings is 2. The topological polar surface area (TPSA) is 49.7 Å². The predicted octanol–water partition coefficient (Wildman–Crippen LogP) is 5.64. The zero-order valence-electron chi connectivity index (χ0n) is 18.8. The normalized spacial score (nSPS) is 10.7. The van der Waals surface area contributed by atoms with Gasteiger partial charge in [-0.2, -0.15) is 0 Å². The second kappa shape index (κ2) is 10.7. The zero-order valence-corrected chi connectivity index (χ0v) is 18.8. The molecule has 0 bridgehead atoms. The van der Waals surface area contributed by atoms with Crippen LogP contribution in [-0.2, 0) is 13.7 Å². The average Bonchev–Trinajstić information content (AvgIpc) is 2.77. The number of pyridine rings is 1. The summed E-state index contributed by atoms with van der Waals surface area (Å²) in [4.78, 5) is 13.2. The molecule has 0 fully saturated rings. The van der Waals surface area contributed by atoms with Crippen molar-refractivity contribution in [1.82, 2.24) is 4.57 Å². The van der Waals surface area contributed by atoms with Crippen molar-refractivity contribution in [2.45, 2.75) is 40.2 Å². The molecule has 0 spiro atoms. The lowest BCUT2D eigenvalue weighted by Crippen LogP contribution is -2.21. The lowest BCUT2D eigenvalue weighted by Gasteiger charge is -2.17. The van der Waals surface area contributed by atoms with E-state index in [0.29, 0.717) is 25.6 Å². The molecular formula is C26H31NO4. The van der Waals surface area contributed by atoms with E-state index in [0.717, 1.165) is 40.6 Å². The van der Waals surface area contributed by atoms with Crippen LogP contribution in [0.1, 0.15) is 39.2 Å². The molecule has 164 valence electrons. The molecule has 0 atom stereocenters. The van der Waals surface area contributed by atoms with Gasteiger partial charge in [-0.05, 0) is 44.0 Å². The van der Waals surface area contributed by atoms with Gasteiger partial charge >= 0.3 is 0 Å². The molecule has 0 aliphatic heterocycles. The van der Waals surface area contributed by atoms with Gasteiger partial charge in [0.1, 0.15) is 19.0 Å². The molecule has 1 aromatic heterocycles. The summed E-state index contributed by atoms with van der Waals surface area (Å²) in [5.74, 6) is 1.43. The van der Waals surface area contributed by atoms with Crippen LogP contribution >= 0.6 is 0 Å². The van der Waals surface area contributed by atoms with E-state index in [1.807, 2.05) is 68.5 Å². The minimum Gasteiger partial charge on any atom is -0.494 e. The summed E-state index contributed by atoms with van der Waals surface area (Å²) in [5.41, 5.74) is 2.66. The predicted molar refractivity (Wildman–Crippen MR) is 125 cm³/mol. The Hall–Kier alpha value is -3.21. The molecule has 2 aromatic carbocycles. The molecule has 0 aliphatic carbocycles. The molecule has 0 unspecified atom stereocenters. The second-order valence-electron chi connectivity index (χ2n) is 7.77. The van der Waals surface area contributed by atoms with E-state index in [1.54, 1.807) is 11.6 Å². The molecule has 3 aromatic rings. The third kappa shape index (κ3) is 5.69. The van der Waals surface area contributed by atoms with Gasteiger partial charge in [-0.1, -0.05) is 49.2 Å². The highest BCUT2D eigenvalue weighted by molar-refractivity contribution is 5.89. The van der Waals surface area contributed by atoms with Crippen LogP contribution in [0.2, 0.25) is 0 Å². The van der Waals surface area contributed by atoms with Crippen molar-refractivity contribution in [3.8, 4) is 17.2 Å². The average molecular weight is 422 g/mol. The van der Waals surface area contributed by atoms with E-state index < -0.39 is 0 Å². The summed E-state index contributed by atoms with van der Waals surface area (Å²) < 4.78 is 19.5. The van der Waals surface area contributed by atoms with Crippen LogP contribution in [0.3, 0.4) is 0 Å². The first-order chi connectivity index (χ1) is 15.0. The van der Waals surface area contributed by atoms with Gasteiger partial charge in [-0.25, -0.2) is 0 Å². The van der Waals surface area contributed by atoms with Crippen LogP contribution in [-0.4, -0.2) is 17.8 Å². The maximum absolute atomic E-state index is 13.2. The Kier molecular flexibility index (Phi) is 7.76. The van der Waals surface area contributed by atoms with E-state index in [4.69, 9.17) is 14.2 Å². The van der Waals surface area contributed by atoms with Gasteiger partial charge in [0, 0.05) is 18.5 Å². The van der Waals surface area contributed by atoms with Gasteiger partial charge in [-0.15, -0.1) is 0 Å². The van der Waals surface area contributed by atoms with E-state index >= 15 is 0 Å². The highest BCUT2D eigenvalue weighted by Gasteiger charge is 2.19. The van der Waals surface area contributed by atoms with Crippen LogP contribution in [0.5, 0.6) is 17.2 Å². The highest BCUT2D eigenvalue weighted by Crippen LogP contribution is 2.35. The van der Waals surface area contributed by atoms with E-state index in [1.165, 1.54) is 0 Å². The summed E-state index contributed by atoms with van der Waals surface area (Å²) in [6.07, 6.45) is 3.99. The fourth-order valence-electron chi connectivity index (χ4n) is 3.18. The Bertz CT molecular complexity index is 1100. The van der Waals surface area contributed by atoms with Crippen LogP contribution < -0.4 is 19.8 Å². The van der Waals surface area contributed by atoms with Crippen molar-refractivity contribution in [2.24, 2.45) is 7.05 Å². The van der Waals surface area contributed by atoms with Crippen molar-refractivity contribution in [1.29, 1.82) is 0 Å². The van der Waals surface area contributed by atoms with Crippen molar-refractivity contribution in [2.75, 3.05) is 13.2 Å². The summed E-state index contributed by atoms with van der Waals surface area (Å²) in [5, 5.41) is 0.813. The molecule has 5 heteroatoms. The zero-order chi connectivity index (χ0) is 22.2. The summed E-state index contributed by atoms with van der Waals surface area (Å²) >= 11 is 0. The Balaban J connectivity index is 2.03. The molecule has 5 nitrogen and oxygen atoms in total. The lowest BCUT2D eigenvalue weighted by molar-refractivity contribution is 0.275. The summed E-state index contributed by atoms with van der Waals surface area (Å²) in [6, 6.07) is 15.6. The molecule has 0 radical (unpaired) electrons. The first-order valence-electron chi connectivity index (χ1n) is 10.7. The van der Waals surface area contributed by atoms with Crippen LogP contribution in [0.4, 0.5) is 0 Å². The van der Waals surface area contributed by atoms with Crippen molar-refractivity contribution in [3.05, 3.63) is 76.1 Å². The van der Waals surface area contributed by atoms with Crippen molar-refractivity contribution in [3.63, 3.8) is 0 Å². The number of ether oxygens (including phenoxy) is 3. The maximum atomic E-state index is 13.2. The number of fused-ring (bicyclic) bond motifs is 1. The van der Waals surface area contributed by atoms with Gasteiger partial charge in [0.2, 0.25) is 5.75 Å². The third-order valence-corrected chi connectivity index (χ3v) is 4.99. The molecule has 0 N–H and O–H groups in total. The monoisotopic (exact) mass is 421 g/mol. The molecular weight excluding hydrogens is 390 g/mol. The number of aromatic nitrogens is 1. The lowest BCUT2D eigenvalue weighted by atomic mass is 10.1. The van der Waals surface area contributed by atoms with Crippen molar-refractivity contribution >= 4 is 10.9 Å². The molecule has 0 saturated carbocycles. The number of rotatable bonds is 10. The van der Waals surface area contributed by atoms with Crippen LogP contribution in [0.25, 0.3) is 10.9 Å². The number of hydrogen-bond acceptors (Lipinski definition) is 4. The minimum absolute atomic E-state index is 0.225.